The largest absolute Gasteiger partial charge is 0.349 e. The molecule has 0 atom stereocenters. The van der Waals surface area contributed by atoms with Gasteiger partial charge in [-0.3, -0.25) is 14.6 Å². The van der Waals surface area contributed by atoms with Crippen molar-refractivity contribution in [3.63, 3.8) is 0 Å². The number of hydrogen-bond acceptors (Lipinski definition) is 3. The summed E-state index contributed by atoms with van der Waals surface area (Å²) < 4.78 is 0. The number of halogens is 1. The highest BCUT2D eigenvalue weighted by Crippen LogP contribution is 2.14. The minimum atomic E-state index is -0.120. The van der Waals surface area contributed by atoms with Crippen molar-refractivity contribution in [1.29, 1.82) is 0 Å². The third-order valence-corrected chi connectivity index (χ3v) is 4.61. The van der Waals surface area contributed by atoms with E-state index in [1.54, 1.807) is 53.7 Å². The lowest BCUT2D eigenvalue weighted by atomic mass is 10.0. The van der Waals surface area contributed by atoms with Crippen molar-refractivity contribution in [1.82, 2.24) is 15.2 Å². The van der Waals surface area contributed by atoms with Gasteiger partial charge in [0.2, 0.25) is 5.91 Å². The van der Waals surface area contributed by atoms with E-state index in [1.165, 1.54) is 0 Å². The Morgan fingerprint density at radius 1 is 1.15 bits per heavy atom. The Morgan fingerprint density at radius 3 is 2.54 bits per heavy atom. The molecule has 26 heavy (non-hydrogen) atoms. The van der Waals surface area contributed by atoms with Gasteiger partial charge in [-0.2, -0.15) is 0 Å². The van der Waals surface area contributed by atoms with E-state index >= 15 is 0 Å². The fourth-order valence-corrected chi connectivity index (χ4v) is 2.98. The molecule has 5 nitrogen and oxygen atoms in total. The number of carbonyl (C=O) groups excluding carboxylic acids is 2. The molecule has 6 heteroatoms. The fourth-order valence-electron chi connectivity index (χ4n) is 2.86. The molecule has 2 amide bonds. The standard InChI is InChI=1S/C20H20ClN3O2/c21-17-6-3-15(4-7-17)5-8-19(25)24-12-9-18(10-13-24)23-20(26)16-2-1-11-22-14-16/h1-8,11,14,18H,9-10,12-13H2,(H,23,26)/b8-5-. The van der Waals surface area contributed by atoms with Crippen LogP contribution in [-0.4, -0.2) is 40.8 Å². The maximum absolute atomic E-state index is 12.3. The van der Waals surface area contributed by atoms with Gasteiger partial charge in [0, 0.05) is 42.6 Å². The van der Waals surface area contributed by atoms with E-state index in [4.69, 9.17) is 11.6 Å². The van der Waals surface area contributed by atoms with Crippen molar-refractivity contribution in [2.24, 2.45) is 0 Å². The number of benzene rings is 1. The van der Waals surface area contributed by atoms with Gasteiger partial charge in [-0.05, 0) is 48.7 Å². The lowest BCUT2D eigenvalue weighted by Gasteiger charge is -2.31. The number of nitrogens with zero attached hydrogens (tertiary/aromatic N) is 2. The van der Waals surface area contributed by atoms with Crippen LogP contribution in [0.2, 0.25) is 5.02 Å². The molecule has 0 bridgehead atoms. The molecule has 0 saturated carbocycles. The molecule has 134 valence electrons. The third kappa shape index (κ3) is 4.92. The van der Waals surface area contributed by atoms with Crippen LogP contribution in [0.3, 0.4) is 0 Å². The number of rotatable bonds is 4. The first-order valence-corrected chi connectivity index (χ1v) is 8.93. The second kappa shape index (κ2) is 8.63. The molecule has 1 aliphatic rings. The van der Waals surface area contributed by atoms with Crippen LogP contribution in [-0.2, 0) is 4.79 Å². The van der Waals surface area contributed by atoms with E-state index in [-0.39, 0.29) is 17.9 Å². The Hall–Kier alpha value is -2.66. The number of aromatic nitrogens is 1. The summed E-state index contributed by atoms with van der Waals surface area (Å²) in [7, 11) is 0. The van der Waals surface area contributed by atoms with E-state index in [9.17, 15) is 9.59 Å². The van der Waals surface area contributed by atoms with Gasteiger partial charge >= 0.3 is 0 Å². The van der Waals surface area contributed by atoms with Gasteiger partial charge < -0.3 is 10.2 Å². The monoisotopic (exact) mass is 369 g/mol. The maximum Gasteiger partial charge on any atom is 0.253 e. The maximum atomic E-state index is 12.3. The van der Waals surface area contributed by atoms with E-state index < -0.39 is 0 Å². The van der Waals surface area contributed by atoms with Gasteiger partial charge in [-0.25, -0.2) is 0 Å². The first-order valence-electron chi connectivity index (χ1n) is 8.55. The van der Waals surface area contributed by atoms with E-state index in [0.29, 0.717) is 23.7 Å². The summed E-state index contributed by atoms with van der Waals surface area (Å²) in [5.74, 6) is -0.137. The van der Waals surface area contributed by atoms with E-state index in [1.807, 2.05) is 12.1 Å². The molecule has 0 spiro atoms. The number of carbonyl (C=O) groups is 2. The predicted octanol–water partition coefficient (Wildman–Crippen LogP) is 3.17. The lowest BCUT2D eigenvalue weighted by Crippen LogP contribution is -2.46. The lowest BCUT2D eigenvalue weighted by molar-refractivity contribution is -0.126. The molecule has 1 aromatic heterocycles. The number of amides is 2. The number of pyridine rings is 1. The van der Waals surface area contributed by atoms with Crippen LogP contribution in [0.15, 0.2) is 54.9 Å². The minimum Gasteiger partial charge on any atom is -0.349 e. The molecule has 1 fully saturated rings. The van der Waals surface area contributed by atoms with Crippen molar-refractivity contribution in [3.8, 4) is 0 Å². The van der Waals surface area contributed by atoms with Gasteiger partial charge in [-0.1, -0.05) is 23.7 Å². The van der Waals surface area contributed by atoms with Crippen LogP contribution in [0.25, 0.3) is 6.08 Å². The molecule has 1 N–H and O–H groups in total. The Kier molecular flexibility index (Phi) is 6.02. The Labute approximate surface area is 157 Å². The summed E-state index contributed by atoms with van der Waals surface area (Å²) in [6.07, 6.45) is 8.04. The second-order valence-electron chi connectivity index (χ2n) is 6.20. The van der Waals surface area contributed by atoms with Crippen LogP contribution in [0.4, 0.5) is 0 Å². The number of hydrogen-bond donors (Lipinski definition) is 1. The van der Waals surface area contributed by atoms with Crippen molar-refractivity contribution >= 4 is 29.5 Å². The molecule has 0 radical (unpaired) electrons. The molecule has 2 heterocycles. The van der Waals surface area contributed by atoms with Crippen molar-refractivity contribution in [2.45, 2.75) is 18.9 Å². The summed E-state index contributed by atoms with van der Waals surface area (Å²) in [5, 5.41) is 3.68. The Balaban J connectivity index is 1.48. The van der Waals surface area contributed by atoms with Crippen molar-refractivity contribution in [3.05, 3.63) is 71.0 Å². The smallest absolute Gasteiger partial charge is 0.253 e. The Morgan fingerprint density at radius 2 is 1.88 bits per heavy atom. The van der Waals surface area contributed by atoms with Crippen molar-refractivity contribution < 1.29 is 9.59 Å². The second-order valence-corrected chi connectivity index (χ2v) is 6.64. The average Bonchev–Trinajstić information content (AvgIpc) is 2.68. The van der Waals surface area contributed by atoms with Crippen LogP contribution in [0.5, 0.6) is 0 Å². The molecule has 1 saturated heterocycles. The average molecular weight is 370 g/mol. The summed E-state index contributed by atoms with van der Waals surface area (Å²) in [5.41, 5.74) is 1.48. The molecule has 1 aliphatic heterocycles. The Bertz CT molecular complexity index is 782. The van der Waals surface area contributed by atoms with E-state index in [2.05, 4.69) is 10.3 Å². The SMILES string of the molecule is O=C(NC1CCN(C(=O)/C=C\c2ccc(Cl)cc2)CC1)c1cccnc1. The van der Waals surface area contributed by atoms with Crippen LogP contribution >= 0.6 is 11.6 Å². The highest BCUT2D eigenvalue weighted by atomic mass is 35.5. The van der Waals surface area contributed by atoms with Gasteiger partial charge in [0.25, 0.3) is 5.91 Å². The molecule has 0 unspecified atom stereocenters. The first-order chi connectivity index (χ1) is 12.6. The first kappa shape index (κ1) is 18.1. The van der Waals surface area contributed by atoms with E-state index in [0.717, 1.165) is 18.4 Å². The number of likely N-dealkylation sites (tertiary alicyclic amines) is 1. The van der Waals surface area contributed by atoms with Crippen molar-refractivity contribution in [2.75, 3.05) is 13.1 Å². The highest BCUT2D eigenvalue weighted by Gasteiger charge is 2.23. The molecular weight excluding hydrogens is 350 g/mol. The third-order valence-electron chi connectivity index (χ3n) is 4.35. The highest BCUT2D eigenvalue weighted by molar-refractivity contribution is 6.30. The summed E-state index contributed by atoms with van der Waals surface area (Å²) in [6, 6.07) is 10.9. The molecular formula is C20H20ClN3O2. The fraction of sp³-hybridized carbons (Fsp3) is 0.250. The van der Waals surface area contributed by atoms with Crippen LogP contribution in [0, 0.1) is 0 Å². The zero-order valence-corrected chi connectivity index (χ0v) is 15.0. The van der Waals surface area contributed by atoms with Gasteiger partial charge in [0.1, 0.15) is 0 Å². The van der Waals surface area contributed by atoms with Gasteiger partial charge in [0.15, 0.2) is 0 Å². The van der Waals surface area contributed by atoms with Gasteiger partial charge in [0.05, 0.1) is 5.56 Å². The number of nitrogens with one attached hydrogen (secondary N) is 1. The minimum absolute atomic E-state index is 0.0167. The molecule has 3 rings (SSSR count). The summed E-state index contributed by atoms with van der Waals surface area (Å²) >= 11 is 5.85. The van der Waals surface area contributed by atoms with Crippen LogP contribution < -0.4 is 5.32 Å². The molecule has 0 aliphatic carbocycles. The zero-order valence-electron chi connectivity index (χ0n) is 14.3. The molecule has 2 aromatic rings. The summed E-state index contributed by atoms with van der Waals surface area (Å²) in [6.45, 7) is 1.25. The quantitative estimate of drug-likeness (QED) is 0.842. The predicted molar refractivity (Wildman–Crippen MR) is 102 cm³/mol. The number of piperidine rings is 1. The van der Waals surface area contributed by atoms with Gasteiger partial charge in [-0.15, -0.1) is 0 Å². The molecule has 1 aromatic carbocycles. The van der Waals surface area contributed by atoms with Crippen LogP contribution in [0.1, 0.15) is 28.8 Å². The topological polar surface area (TPSA) is 62.3 Å². The normalized spacial score (nSPS) is 15.2. The zero-order chi connectivity index (χ0) is 18.4. The summed E-state index contributed by atoms with van der Waals surface area (Å²) in [4.78, 5) is 30.2.